The highest BCUT2D eigenvalue weighted by Crippen LogP contribution is 2.32. The molecular formula is C19H30N4O4. The summed E-state index contributed by atoms with van der Waals surface area (Å²) in [5, 5.41) is 6.42. The number of ether oxygens (including phenoxy) is 3. The molecule has 0 spiro atoms. The van der Waals surface area contributed by atoms with Gasteiger partial charge in [0.05, 0.1) is 6.54 Å². The minimum absolute atomic E-state index is 0.261. The van der Waals surface area contributed by atoms with Gasteiger partial charge in [0.1, 0.15) is 5.60 Å². The number of likely N-dealkylation sites (N-methyl/N-ethyl adjacent to an activating group) is 1. The van der Waals surface area contributed by atoms with E-state index < -0.39 is 5.60 Å². The second-order valence-corrected chi connectivity index (χ2v) is 7.21. The first-order valence-corrected chi connectivity index (χ1v) is 9.13. The second kappa shape index (κ2) is 9.34. The minimum atomic E-state index is -0.500. The van der Waals surface area contributed by atoms with Gasteiger partial charge in [-0.15, -0.1) is 0 Å². The third-order valence-electron chi connectivity index (χ3n) is 3.65. The number of nitrogens with one attached hydrogen (secondary N) is 2. The Kier molecular flexibility index (Phi) is 7.15. The molecule has 0 bridgehead atoms. The van der Waals surface area contributed by atoms with Crippen LogP contribution in [0.3, 0.4) is 0 Å². The number of benzene rings is 1. The molecule has 0 fully saturated rings. The number of rotatable bonds is 6. The van der Waals surface area contributed by atoms with E-state index in [1.165, 1.54) is 0 Å². The third-order valence-corrected chi connectivity index (χ3v) is 3.65. The summed E-state index contributed by atoms with van der Waals surface area (Å²) in [7, 11) is 1.71. The lowest BCUT2D eigenvalue weighted by molar-refractivity contribution is 0.0302. The zero-order chi connectivity index (χ0) is 19.9. The normalized spacial score (nSPS) is 13.3. The highest BCUT2D eigenvalue weighted by molar-refractivity contribution is 5.79. The Bertz CT molecular complexity index is 670. The molecule has 1 aromatic carbocycles. The maximum Gasteiger partial charge on any atom is 0.410 e. The third kappa shape index (κ3) is 6.88. The van der Waals surface area contributed by atoms with Crippen molar-refractivity contribution in [3.63, 3.8) is 0 Å². The monoisotopic (exact) mass is 378 g/mol. The molecule has 1 aliphatic heterocycles. The number of guanidine groups is 1. The Morgan fingerprint density at radius 2 is 2.00 bits per heavy atom. The molecule has 2 rings (SSSR count). The molecule has 2 N–H and O–H groups in total. The Balaban J connectivity index is 1.84. The van der Waals surface area contributed by atoms with Crippen molar-refractivity contribution in [2.45, 2.75) is 39.8 Å². The van der Waals surface area contributed by atoms with Gasteiger partial charge in [0.25, 0.3) is 0 Å². The van der Waals surface area contributed by atoms with Gasteiger partial charge in [-0.25, -0.2) is 9.79 Å². The summed E-state index contributed by atoms with van der Waals surface area (Å²) in [6, 6.07) is 5.80. The second-order valence-electron chi connectivity index (χ2n) is 7.21. The molecule has 0 unspecified atom stereocenters. The molecule has 1 amide bonds. The molecule has 27 heavy (non-hydrogen) atoms. The van der Waals surface area contributed by atoms with E-state index in [2.05, 4.69) is 15.6 Å². The fraction of sp³-hybridized carbons (Fsp3) is 0.579. The van der Waals surface area contributed by atoms with E-state index in [0.717, 1.165) is 23.6 Å². The fourth-order valence-corrected chi connectivity index (χ4v) is 2.32. The number of amides is 1. The Morgan fingerprint density at radius 1 is 1.26 bits per heavy atom. The lowest BCUT2D eigenvalue weighted by Gasteiger charge is -2.24. The van der Waals surface area contributed by atoms with Crippen molar-refractivity contribution in [1.82, 2.24) is 15.5 Å². The lowest BCUT2D eigenvalue weighted by atomic mass is 10.2. The lowest BCUT2D eigenvalue weighted by Crippen LogP contribution is -2.43. The number of aliphatic imine (C=N–C) groups is 1. The number of fused-ring (bicyclic) bond motifs is 1. The van der Waals surface area contributed by atoms with Crippen molar-refractivity contribution in [3.8, 4) is 11.5 Å². The van der Waals surface area contributed by atoms with E-state index in [9.17, 15) is 4.79 Å². The molecule has 1 heterocycles. The highest BCUT2D eigenvalue weighted by atomic mass is 16.7. The summed E-state index contributed by atoms with van der Waals surface area (Å²) < 4.78 is 16.0. The number of nitrogens with zero attached hydrogens (tertiary/aromatic N) is 2. The van der Waals surface area contributed by atoms with Crippen LogP contribution in [-0.2, 0) is 11.3 Å². The Labute approximate surface area is 160 Å². The SMILES string of the molecule is CCNC(=NCc1ccc2c(c1)OCO2)NCCN(C)C(=O)OC(C)(C)C. The largest absolute Gasteiger partial charge is 0.454 e. The van der Waals surface area contributed by atoms with Gasteiger partial charge in [-0.1, -0.05) is 6.07 Å². The summed E-state index contributed by atoms with van der Waals surface area (Å²) in [5.74, 6) is 2.20. The Hall–Kier alpha value is -2.64. The summed E-state index contributed by atoms with van der Waals surface area (Å²) in [6.07, 6.45) is -0.341. The molecule has 0 radical (unpaired) electrons. The van der Waals surface area contributed by atoms with Crippen molar-refractivity contribution < 1.29 is 19.0 Å². The Morgan fingerprint density at radius 3 is 2.70 bits per heavy atom. The van der Waals surface area contributed by atoms with Gasteiger partial charge in [0, 0.05) is 26.7 Å². The standard InChI is InChI=1S/C19H30N4O4/c1-6-20-17(21-9-10-23(5)18(24)27-19(2,3)4)22-12-14-7-8-15-16(11-14)26-13-25-15/h7-8,11H,6,9-10,12-13H2,1-5H3,(H2,20,21,22). The summed E-state index contributed by atoms with van der Waals surface area (Å²) in [5.41, 5.74) is 0.530. The fourth-order valence-electron chi connectivity index (χ4n) is 2.32. The van der Waals surface area contributed by atoms with E-state index in [1.807, 2.05) is 45.9 Å². The summed E-state index contributed by atoms with van der Waals surface area (Å²) >= 11 is 0. The van der Waals surface area contributed by atoms with Crippen molar-refractivity contribution in [1.29, 1.82) is 0 Å². The van der Waals surface area contributed by atoms with E-state index in [-0.39, 0.29) is 12.9 Å². The van der Waals surface area contributed by atoms with Gasteiger partial charge in [-0.3, -0.25) is 0 Å². The molecule has 1 aliphatic rings. The quantitative estimate of drug-likeness (QED) is 0.584. The summed E-state index contributed by atoms with van der Waals surface area (Å²) in [4.78, 5) is 18.1. The van der Waals surface area contributed by atoms with Crippen molar-refractivity contribution >= 4 is 12.1 Å². The van der Waals surface area contributed by atoms with Crippen LogP contribution in [0.25, 0.3) is 0 Å². The number of carbonyl (C=O) groups is 1. The maximum absolute atomic E-state index is 12.0. The van der Waals surface area contributed by atoms with Crippen LogP contribution in [0.4, 0.5) is 4.79 Å². The first-order chi connectivity index (χ1) is 12.8. The van der Waals surface area contributed by atoms with Gasteiger partial charge in [-0.05, 0) is 45.4 Å². The van der Waals surface area contributed by atoms with Gasteiger partial charge >= 0.3 is 6.09 Å². The molecule has 8 nitrogen and oxygen atoms in total. The van der Waals surface area contributed by atoms with Crippen LogP contribution in [-0.4, -0.2) is 56.0 Å². The summed E-state index contributed by atoms with van der Waals surface area (Å²) in [6.45, 7) is 10.1. The van der Waals surface area contributed by atoms with Gasteiger partial charge in [-0.2, -0.15) is 0 Å². The van der Waals surface area contributed by atoms with Crippen LogP contribution in [0.1, 0.15) is 33.3 Å². The molecule has 150 valence electrons. The van der Waals surface area contributed by atoms with Gasteiger partial charge < -0.3 is 29.7 Å². The van der Waals surface area contributed by atoms with Crippen molar-refractivity contribution in [2.24, 2.45) is 4.99 Å². The zero-order valence-electron chi connectivity index (χ0n) is 16.8. The minimum Gasteiger partial charge on any atom is -0.454 e. The molecule has 0 saturated heterocycles. The van der Waals surface area contributed by atoms with Crippen LogP contribution >= 0.6 is 0 Å². The molecule has 0 aliphatic carbocycles. The van der Waals surface area contributed by atoms with Crippen LogP contribution in [0.5, 0.6) is 11.5 Å². The predicted octanol–water partition coefficient (Wildman–Crippen LogP) is 2.34. The topological polar surface area (TPSA) is 84.4 Å². The number of carbonyl (C=O) groups excluding carboxylic acids is 1. The highest BCUT2D eigenvalue weighted by Gasteiger charge is 2.19. The van der Waals surface area contributed by atoms with Crippen molar-refractivity contribution in [2.75, 3.05) is 33.5 Å². The molecular weight excluding hydrogens is 348 g/mol. The smallest absolute Gasteiger partial charge is 0.410 e. The zero-order valence-corrected chi connectivity index (χ0v) is 16.8. The van der Waals surface area contributed by atoms with E-state index in [1.54, 1.807) is 11.9 Å². The molecule has 1 aromatic rings. The molecule has 0 aromatic heterocycles. The van der Waals surface area contributed by atoms with Crippen LogP contribution in [0.2, 0.25) is 0 Å². The average Bonchev–Trinajstić information content (AvgIpc) is 3.05. The van der Waals surface area contributed by atoms with Crippen molar-refractivity contribution in [3.05, 3.63) is 23.8 Å². The van der Waals surface area contributed by atoms with Crippen LogP contribution in [0, 0.1) is 0 Å². The molecule has 0 atom stereocenters. The first-order valence-electron chi connectivity index (χ1n) is 9.13. The van der Waals surface area contributed by atoms with Gasteiger partial charge in [0.15, 0.2) is 17.5 Å². The average molecular weight is 378 g/mol. The van der Waals surface area contributed by atoms with Crippen LogP contribution < -0.4 is 20.1 Å². The maximum atomic E-state index is 12.0. The van der Waals surface area contributed by atoms with E-state index >= 15 is 0 Å². The van der Waals surface area contributed by atoms with Crippen LogP contribution in [0.15, 0.2) is 23.2 Å². The predicted molar refractivity (Wildman–Crippen MR) is 104 cm³/mol. The molecule has 8 heteroatoms. The first kappa shape index (κ1) is 20.7. The number of hydrogen-bond donors (Lipinski definition) is 2. The van der Waals surface area contributed by atoms with Gasteiger partial charge in [0.2, 0.25) is 6.79 Å². The van der Waals surface area contributed by atoms with E-state index in [0.29, 0.717) is 25.6 Å². The molecule has 0 saturated carbocycles. The number of hydrogen-bond acceptors (Lipinski definition) is 5. The van der Waals surface area contributed by atoms with E-state index in [4.69, 9.17) is 14.2 Å².